The third-order valence-electron chi connectivity index (χ3n) is 4.95. The topological polar surface area (TPSA) is 40.5 Å². The fourth-order valence-corrected chi connectivity index (χ4v) is 3.83. The molecule has 3 nitrogen and oxygen atoms in total. The van der Waals surface area contributed by atoms with Crippen molar-refractivity contribution in [3.05, 3.63) is 34.9 Å². The number of hydrogen-bond acceptors (Lipinski definition) is 2. The maximum atomic E-state index is 12.4. The van der Waals surface area contributed by atoms with E-state index in [-0.39, 0.29) is 12.3 Å². The van der Waals surface area contributed by atoms with Crippen LogP contribution in [-0.2, 0) is 4.79 Å². The van der Waals surface area contributed by atoms with Crippen LogP contribution in [0.1, 0.15) is 43.8 Å². The van der Waals surface area contributed by atoms with Crippen molar-refractivity contribution in [2.24, 2.45) is 11.8 Å². The van der Waals surface area contributed by atoms with Gasteiger partial charge in [0.25, 0.3) is 0 Å². The fourth-order valence-electron chi connectivity index (χ4n) is 3.71. The first-order valence-electron chi connectivity index (χ1n) is 7.85. The van der Waals surface area contributed by atoms with Gasteiger partial charge in [-0.15, -0.1) is 0 Å². The number of benzene rings is 1. The zero-order chi connectivity index (χ0) is 14.8. The Morgan fingerprint density at radius 3 is 2.33 bits per heavy atom. The molecule has 0 aromatic heterocycles. The van der Waals surface area contributed by atoms with E-state index in [0.29, 0.717) is 16.9 Å². The lowest BCUT2D eigenvalue weighted by molar-refractivity contribution is -0.132. The van der Waals surface area contributed by atoms with Gasteiger partial charge in [0, 0.05) is 18.1 Å². The van der Waals surface area contributed by atoms with Crippen LogP contribution in [0.15, 0.2) is 24.3 Å². The molecule has 0 spiro atoms. The third kappa shape index (κ3) is 3.41. The SMILES string of the molecule is O=C(CC(O)c1ccc(Cl)cc1)N1CC2CCCCC2C1. The highest BCUT2D eigenvalue weighted by Crippen LogP contribution is 2.36. The number of aliphatic hydroxyl groups excluding tert-OH is 1. The molecule has 1 N–H and O–H groups in total. The number of halogens is 1. The summed E-state index contributed by atoms with van der Waals surface area (Å²) in [4.78, 5) is 14.3. The number of rotatable bonds is 3. The van der Waals surface area contributed by atoms with Gasteiger partial charge in [-0.25, -0.2) is 0 Å². The maximum absolute atomic E-state index is 12.4. The van der Waals surface area contributed by atoms with Gasteiger partial charge in [-0.1, -0.05) is 36.6 Å². The summed E-state index contributed by atoms with van der Waals surface area (Å²) in [6, 6.07) is 7.05. The summed E-state index contributed by atoms with van der Waals surface area (Å²) in [6.07, 6.45) is 4.55. The largest absolute Gasteiger partial charge is 0.388 e. The molecule has 1 heterocycles. The minimum Gasteiger partial charge on any atom is -0.388 e. The van der Waals surface area contributed by atoms with E-state index >= 15 is 0 Å². The zero-order valence-electron chi connectivity index (χ0n) is 12.2. The molecule has 3 unspecified atom stereocenters. The molecule has 1 aromatic carbocycles. The average Bonchev–Trinajstić information content (AvgIpc) is 2.92. The first kappa shape index (κ1) is 14.9. The van der Waals surface area contributed by atoms with Gasteiger partial charge in [-0.2, -0.15) is 0 Å². The van der Waals surface area contributed by atoms with Crippen molar-refractivity contribution in [1.29, 1.82) is 0 Å². The van der Waals surface area contributed by atoms with E-state index in [1.807, 2.05) is 4.90 Å². The van der Waals surface area contributed by atoms with Crippen LogP contribution in [0.2, 0.25) is 5.02 Å². The van der Waals surface area contributed by atoms with E-state index in [2.05, 4.69) is 0 Å². The first-order valence-corrected chi connectivity index (χ1v) is 8.22. The van der Waals surface area contributed by atoms with Crippen molar-refractivity contribution < 1.29 is 9.90 Å². The number of fused-ring (bicyclic) bond motifs is 1. The smallest absolute Gasteiger partial charge is 0.225 e. The first-order chi connectivity index (χ1) is 10.1. The van der Waals surface area contributed by atoms with Crippen LogP contribution < -0.4 is 0 Å². The van der Waals surface area contributed by atoms with Crippen LogP contribution in [0.5, 0.6) is 0 Å². The van der Waals surface area contributed by atoms with Crippen LogP contribution in [-0.4, -0.2) is 29.0 Å². The van der Waals surface area contributed by atoms with Crippen molar-refractivity contribution >= 4 is 17.5 Å². The molecule has 4 heteroatoms. The van der Waals surface area contributed by atoms with Gasteiger partial charge in [-0.05, 0) is 42.4 Å². The molecule has 2 aliphatic rings. The van der Waals surface area contributed by atoms with Gasteiger partial charge in [0.2, 0.25) is 5.91 Å². The molecule has 1 amide bonds. The Labute approximate surface area is 130 Å². The monoisotopic (exact) mass is 307 g/mol. The van der Waals surface area contributed by atoms with E-state index in [4.69, 9.17) is 11.6 Å². The molecule has 1 saturated heterocycles. The highest BCUT2D eigenvalue weighted by Gasteiger charge is 2.36. The fraction of sp³-hybridized carbons (Fsp3) is 0.588. The van der Waals surface area contributed by atoms with Crippen molar-refractivity contribution in [1.82, 2.24) is 4.90 Å². The summed E-state index contributed by atoms with van der Waals surface area (Å²) in [5.74, 6) is 1.46. The molecule has 3 atom stereocenters. The predicted molar refractivity (Wildman–Crippen MR) is 83.1 cm³/mol. The van der Waals surface area contributed by atoms with E-state index in [1.165, 1.54) is 25.7 Å². The van der Waals surface area contributed by atoms with Gasteiger partial charge in [0.1, 0.15) is 0 Å². The molecule has 0 bridgehead atoms. The molecule has 3 rings (SSSR count). The van der Waals surface area contributed by atoms with Crippen molar-refractivity contribution in [2.45, 2.75) is 38.2 Å². The maximum Gasteiger partial charge on any atom is 0.225 e. The van der Waals surface area contributed by atoms with Crippen LogP contribution in [0.3, 0.4) is 0 Å². The van der Waals surface area contributed by atoms with E-state index < -0.39 is 6.10 Å². The lowest BCUT2D eigenvalue weighted by Crippen LogP contribution is -2.30. The Morgan fingerprint density at radius 1 is 1.19 bits per heavy atom. The van der Waals surface area contributed by atoms with E-state index in [1.54, 1.807) is 24.3 Å². The normalized spacial score (nSPS) is 26.5. The summed E-state index contributed by atoms with van der Waals surface area (Å²) in [5.41, 5.74) is 0.754. The summed E-state index contributed by atoms with van der Waals surface area (Å²) in [6.45, 7) is 1.77. The third-order valence-corrected chi connectivity index (χ3v) is 5.20. The summed E-state index contributed by atoms with van der Waals surface area (Å²) >= 11 is 5.84. The number of hydrogen-bond donors (Lipinski definition) is 1. The minimum atomic E-state index is -0.739. The lowest BCUT2D eigenvalue weighted by atomic mass is 9.82. The highest BCUT2D eigenvalue weighted by atomic mass is 35.5. The van der Waals surface area contributed by atoms with Gasteiger partial charge in [0.05, 0.1) is 12.5 Å². The Morgan fingerprint density at radius 2 is 1.76 bits per heavy atom. The summed E-state index contributed by atoms with van der Waals surface area (Å²) in [7, 11) is 0. The number of nitrogens with zero attached hydrogens (tertiary/aromatic N) is 1. The Balaban J connectivity index is 1.57. The molecule has 1 aliphatic carbocycles. The van der Waals surface area contributed by atoms with Crippen LogP contribution in [0, 0.1) is 11.8 Å². The quantitative estimate of drug-likeness (QED) is 0.929. The Bertz CT molecular complexity index is 488. The average molecular weight is 308 g/mol. The molecule has 1 aliphatic heterocycles. The molecule has 1 aromatic rings. The standard InChI is InChI=1S/C17H22ClNO2/c18-15-7-5-12(6-8-15)16(20)9-17(21)19-10-13-3-1-2-4-14(13)11-19/h5-8,13-14,16,20H,1-4,9-11H2. The molecule has 21 heavy (non-hydrogen) atoms. The molecule has 2 fully saturated rings. The summed E-state index contributed by atoms with van der Waals surface area (Å²) < 4.78 is 0. The predicted octanol–water partition coefficient (Wildman–Crippen LogP) is 3.41. The molecule has 1 saturated carbocycles. The second-order valence-corrected chi connectivity index (χ2v) is 6.81. The van der Waals surface area contributed by atoms with Gasteiger partial charge in [-0.3, -0.25) is 4.79 Å². The van der Waals surface area contributed by atoms with Gasteiger partial charge < -0.3 is 10.0 Å². The van der Waals surface area contributed by atoms with E-state index in [9.17, 15) is 9.90 Å². The second kappa shape index (κ2) is 6.37. The molecule has 0 radical (unpaired) electrons. The second-order valence-electron chi connectivity index (χ2n) is 6.37. The summed E-state index contributed by atoms with van der Waals surface area (Å²) in [5, 5.41) is 10.8. The molecule has 114 valence electrons. The van der Waals surface area contributed by atoms with E-state index in [0.717, 1.165) is 18.7 Å². The minimum absolute atomic E-state index is 0.0758. The Hall–Kier alpha value is -1.06. The lowest BCUT2D eigenvalue weighted by Gasteiger charge is -2.22. The van der Waals surface area contributed by atoms with Crippen molar-refractivity contribution in [3.63, 3.8) is 0 Å². The van der Waals surface area contributed by atoms with Gasteiger partial charge in [0.15, 0.2) is 0 Å². The molecular formula is C17H22ClNO2. The number of aliphatic hydroxyl groups is 1. The number of carbonyl (C=O) groups is 1. The van der Waals surface area contributed by atoms with Gasteiger partial charge >= 0.3 is 0 Å². The van der Waals surface area contributed by atoms with Crippen LogP contribution in [0.4, 0.5) is 0 Å². The molecular weight excluding hydrogens is 286 g/mol. The van der Waals surface area contributed by atoms with Crippen molar-refractivity contribution in [2.75, 3.05) is 13.1 Å². The van der Waals surface area contributed by atoms with Crippen LogP contribution in [0.25, 0.3) is 0 Å². The van der Waals surface area contributed by atoms with Crippen molar-refractivity contribution in [3.8, 4) is 0 Å². The zero-order valence-corrected chi connectivity index (χ0v) is 12.9. The number of likely N-dealkylation sites (tertiary alicyclic amines) is 1. The number of amides is 1. The Kier molecular flexibility index (Phi) is 4.51. The van der Waals surface area contributed by atoms with Crippen LogP contribution >= 0.6 is 11.6 Å². The highest BCUT2D eigenvalue weighted by molar-refractivity contribution is 6.30. The number of carbonyl (C=O) groups excluding carboxylic acids is 1.